The summed E-state index contributed by atoms with van der Waals surface area (Å²) >= 11 is 3.31. The molecule has 2 heterocycles. The number of aromatic amines is 1. The summed E-state index contributed by atoms with van der Waals surface area (Å²) in [5, 5.41) is 69.4. The van der Waals surface area contributed by atoms with E-state index in [0.29, 0.717) is 69.0 Å². The first-order valence-corrected chi connectivity index (χ1v) is 37.5. The van der Waals surface area contributed by atoms with Crippen LogP contribution in [0.25, 0.3) is 10.9 Å². The molecule has 0 bridgehead atoms. The van der Waals surface area contributed by atoms with Crippen molar-refractivity contribution in [2.75, 3.05) is 60.4 Å². The van der Waals surface area contributed by atoms with Gasteiger partial charge < -0.3 is 52.6 Å². The number of nitrogens with one attached hydrogen (secondary N) is 13. The Morgan fingerprint density at radius 3 is 1.37 bits per heavy atom. The Hall–Kier alpha value is -6.73. The third-order valence-electron chi connectivity index (χ3n) is 16.8. The van der Waals surface area contributed by atoms with Gasteiger partial charge in [-0.15, -0.1) is 23.1 Å². The zero-order chi connectivity index (χ0) is 79.4. The quantitative estimate of drug-likeness (QED) is 0.0123. The van der Waals surface area contributed by atoms with Gasteiger partial charge in [-0.25, -0.2) is 0 Å². The lowest BCUT2D eigenvalue weighted by atomic mass is 9.84. The smallest absolute Gasteiger partial charge is 0.242 e. The molecule has 18 N–H and O–H groups in total. The molecule has 0 aliphatic heterocycles. The van der Waals surface area contributed by atoms with Crippen molar-refractivity contribution in [2.45, 2.75) is 183 Å². The molecule has 2 aromatic heterocycles. The van der Waals surface area contributed by atoms with Gasteiger partial charge in [0.25, 0.3) is 0 Å². The molecule has 32 heteroatoms. The number of thiophene rings is 1. The Morgan fingerprint density at radius 2 is 0.914 bits per heavy atom. The van der Waals surface area contributed by atoms with E-state index in [-0.39, 0.29) is 109 Å². The third-order valence-corrected chi connectivity index (χ3v) is 19.1. The van der Waals surface area contributed by atoms with Crippen LogP contribution in [0.5, 0.6) is 0 Å². The van der Waals surface area contributed by atoms with Crippen LogP contribution in [0.4, 0.5) is 0 Å². The second-order valence-electron chi connectivity index (χ2n) is 29.4. The Bertz CT molecular complexity index is 3100. The summed E-state index contributed by atoms with van der Waals surface area (Å²) in [7, 11) is 6.19. The monoisotopic (exact) mass is 1520 g/mol. The highest BCUT2D eigenvalue weighted by molar-refractivity contribution is 8.01. The van der Waals surface area contributed by atoms with Crippen LogP contribution >= 0.6 is 23.1 Å². The average molecular weight is 1520 g/mol. The Morgan fingerprint density at radius 1 is 0.486 bits per heavy atom. The number of benzene rings is 2. The molecule has 8 amide bonds. The number of carbonyl (C=O) groups excluding carboxylic acids is 8. The van der Waals surface area contributed by atoms with Gasteiger partial charge >= 0.3 is 0 Å². The molecule has 0 aliphatic rings. The van der Waals surface area contributed by atoms with E-state index in [2.05, 4.69) is 71.0 Å². The zero-order valence-corrected chi connectivity index (χ0v) is 66.4. The number of aromatic nitrogens is 1. The van der Waals surface area contributed by atoms with Crippen LogP contribution in [0.3, 0.4) is 0 Å². The molecule has 0 aliphatic carbocycles. The molecule has 0 fully saturated rings. The van der Waals surface area contributed by atoms with Crippen LogP contribution in [0, 0.1) is 64.1 Å². The number of hydrogen-bond acceptors (Lipinski definition) is 23. The molecule has 2 aromatic carbocycles. The van der Waals surface area contributed by atoms with Crippen molar-refractivity contribution in [1.82, 2.24) is 70.1 Å². The molecule has 596 valence electrons. The molecule has 0 radical (unpaired) electrons. The van der Waals surface area contributed by atoms with E-state index in [1.165, 1.54) is 12.7 Å². The number of rotatable bonds is 43. The standard InChI is InChI=1S/C23H33N3O4S2.C20H30N4O4.C15H31N3O5.C15H31N3O4/c1-16(2)12-19(18(14-30-26-29)15-32-21-10-7-11-31-21)22(27)25-20(23(28)24-3)13-17-8-5-4-6-9-17;1-13(2)10-14(8-9-28-24-27)19(25)23-18(20(26)21-3)11-15-12-22-17-7-5-4-6-16(15)17;1-9(2)7-10(11(19)8-23-18-22)13(20)17-12(14(21)16-6)15(3,4)5;1-10(2)9-11(7-8-22-18-21)13(19)17-12(14(20)16-6)15(3,4)5/h4-11,16,18-20,26,29H,12-15H2,1-3H3,(H,24,28)(H,25,27);4-7,12-14,18,22,24,27H,8-11H2,1-3H3,(H,21,26)(H,23,25);9-12,18-19,22H,7-8H2,1-6H3,(H,16,21)(H,17,20);10-12,18,21H,7-9H2,1-6H3,(H,16,20)(H,17,19)/t18-,19+,20-;14-,18-;10-,11?,12-;11-,12+/m0010/s1. The third kappa shape index (κ3) is 38.6. The highest BCUT2D eigenvalue weighted by Gasteiger charge is 2.38. The normalized spacial score (nSPS) is 14.4. The van der Waals surface area contributed by atoms with Gasteiger partial charge in [-0.3, -0.25) is 78.5 Å². The number of amides is 8. The maximum absolute atomic E-state index is 13.4. The van der Waals surface area contributed by atoms with E-state index in [9.17, 15) is 43.5 Å². The summed E-state index contributed by atoms with van der Waals surface area (Å²) in [5.74, 6) is -2.08. The first-order chi connectivity index (χ1) is 49.6. The van der Waals surface area contributed by atoms with Crippen LogP contribution in [-0.4, -0.2) is 169 Å². The Balaban J connectivity index is 0.000000709. The van der Waals surface area contributed by atoms with Crippen LogP contribution in [0.1, 0.15) is 147 Å². The van der Waals surface area contributed by atoms with Gasteiger partial charge in [0.15, 0.2) is 0 Å². The minimum Gasteiger partial charge on any atom is -0.390 e. The summed E-state index contributed by atoms with van der Waals surface area (Å²) in [6.45, 7) is 27.7. The predicted octanol–water partition coefficient (Wildman–Crippen LogP) is 6.83. The summed E-state index contributed by atoms with van der Waals surface area (Å²) in [5.41, 5.74) is 8.53. The lowest BCUT2D eigenvalue weighted by molar-refractivity contribution is -0.159. The number of carbonyl (C=O) groups is 8. The number of aliphatic hydroxyl groups is 1. The summed E-state index contributed by atoms with van der Waals surface area (Å²) in [4.78, 5) is 123. The van der Waals surface area contributed by atoms with Crippen molar-refractivity contribution in [1.29, 1.82) is 0 Å². The lowest BCUT2D eigenvalue weighted by Gasteiger charge is -2.32. The van der Waals surface area contributed by atoms with Gasteiger partial charge in [0.1, 0.15) is 24.2 Å². The second kappa shape index (κ2) is 52.3. The molecule has 0 spiro atoms. The van der Waals surface area contributed by atoms with Crippen LogP contribution in [0.15, 0.2) is 82.5 Å². The fraction of sp³-hybridized carbons (Fsp3) is 0.644. The second-order valence-corrected chi connectivity index (χ2v) is 31.7. The highest BCUT2D eigenvalue weighted by atomic mass is 32.2. The van der Waals surface area contributed by atoms with Crippen molar-refractivity contribution in [3.8, 4) is 0 Å². The van der Waals surface area contributed by atoms with Crippen molar-refractivity contribution < 1.29 is 83.6 Å². The first kappa shape index (κ1) is 96.3. The topological polar surface area (TPSA) is 435 Å². The molecule has 0 saturated carbocycles. The van der Waals surface area contributed by atoms with Gasteiger partial charge in [-0.1, -0.05) is 174 Å². The number of para-hydroxylation sites is 1. The number of H-pyrrole nitrogens is 1. The molecule has 30 nitrogen and oxygen atoms in total. The Kier molecular flexibility index (Phi) is 48.0. The minimum atomic E-state index is -1.11. The number of thioether (sulfide) groups is 1. The Labute approximate surface area is 628 Å². The predicted molar refractivity (Wildman–Crippen MR) is 404 cm³/mol. The minimum absolute atomic E-state index is 0.161. The average Bonchev–Trinajstić information content (AvgIpc) is 1.76. The molecular weight excluding hydrogens is 1400 g/mol. The highest BCUT2D eigenvalue weighted by Crippen LogP contribution is 2.32. The molecule has 4 aromatic rings. The SMILES string of the molecule is CNC(=O)[C@@H](NC(=O)[C@@H](CCONO)CC(C)C)C(C)(C)C.CNC(=O)[C@@H](NC(=O)[C@H](CC(C)C)C(O)CONO)C(C)(C)C.CNC(=O)[C@H](Cc1c[nH]c2ccccc12)NC(=O)[C@@H](CCONO)CC(C)C.CNC(=O)[C@H](Cc1ccccc1)NC(=O)[C@H](CC(C)C)[C@@H](CONO)CSc1cccs1. The number of hydrogen-bond donors (Lipinski definition) is 18. The van der Waals surface area contributed by atoms with Gasteiger partial charge in [-0.05, 0) is 102 Å². The zero-order valence-electron chi connectivity index (χ0n) is 64.7. The largest absolute Gasteiger partial charge is 0.390 e. The van der Waals surface area contributed by atoms with Gasteiger partial charge in [0, 0.05) is 87.6 Å². The maximum Gasteiger partial charge on any atom is 0.242 e. The lowest BCUT2D eigenvalue weighted by Crippen LogP contribution is -2.55. The molecular formula is C73H125N13O17S2. The van der Waals surface area contributed by atoms with E-state index in [4.69, 9.17) is 30.5 Å². The van der Waals surface area contributed by atoms with Crippen molar-refractivity contribution in [3.63, 3.8) is 0 Å². The van der Waals surface area contributed by atoms with Crippen molar-refractivity contribution >= 4 is 81.3 Å². The molecule has 10 atom stereocenters. The van der Waals surface area contributed by atoms with Crippen LogP contribution in [-0.2, 0) is 70.5 Å². The summed E-state index contributed by atoms with van der Waals surface area (Å²) in [6.07, 6.45) is 4.87. The number of fused-ring (bicyclic) bond motifs is 1. The van der Waals surface area contributed by atoms with Gasteiger partial charge in [-0.2, -0.15) is 0 Å². The molecule has 105 heavy (non-hydrogen) atoms. The van der Waals surface area contributed by atoms with Crippen molar-refractivity contribution in [2.24, 2.45) is 64.1 Å². The fourth-order valence-electron chi connectivity index (χ4n) is 11.4. The van der Waals surface area contributed by atoms with Gasteiger partial charge in [0.05, 0.1) is 42.7 Å². The van der Waals surface area contributed by atoms with E-state index in [1.807, 2.05) is 161 Å². The van der Waals surface area contributed by atoms with Crippen LogP contribution in [0.2, 0.25) is 0 Å². The first-order valence-electron chi connectivity index (χ1n) is 35.6. The van der Waals surface area contributed by atoms with E-state index < -0.39 is 47.5 Å². The molecule has 0 saturated heterocycles. The maximum atomic E-state index is 13.4. The fourth-order valence-corrected chi connectivity index (χ4v) is 13.3. The molecule has 1 unspecified atom stereocenters. The summed E-state index contributed by atoms with van der Waals surface area (Å²) in [6, 6.07) is 18.8. The van der Waals surface area contributed by atoms with E-state index in [0.717, 1.165) is 26.2 Å². The number of aliphatic hydroxyl groups excluding tert-OH is 1. The van der Waals surface area contributed by atoms with Crippen LogP contribution < -0.4 is 65.1 Å². The van der Waals surface area contributed by atoms with Gasteiger partial charge in [0.2, 0.25) is 47.3 Å². The van der Waals surface area contributed by atoms with Crippen molar-refractivity contribution in [3.05, 3.63) is 89.4 Å². The number of likely N-dealkylation sites (N-methyl/N-ethyl adjacent to an activating group) is 4. The van der Waals surface area contributed by atoms with E-state index in [1.54, 1.807) is 61.2 Å². The summed E-state index contributed by atoms with van der Waals surface area (Å²) < 4.78 is 1.16. The molecule has 4 rings (SSSR count). The van der Waals surface area contributed by atoms with E-state index >= 15 is 0 Å².